The van der Waals surface area contributed by atoms with Crippen molar-refractivity contribution < 1.29 is 19.1 Å². The van der Waals surface area contributed by atoms with Crippen molar-refractivity contribution in [2.75, 3.05) is 14.2 Å². The number of ether oxygens (including phenoxy) is 2. The monoisotopic (exact) mass is 250 g/mol. The Balaban J connectivity index is 1.84. The summed E-state index contributed by atoms with van der Waals surface area (Å²) in [7, 11) is 2.77. The molecule has 3 aliphatic carbocycles. The van der Waals surface area contributed by atoms with Gasteiger partial charge in [0.25, 0.3) is 0 Å². The molecule has 96 valence electrons. The van der Waals surface area contributed by atoms with Gasteiger partial charge in [-0.2, -0.15) is 10.2 Å². The van der Waals surface area contributed by atoms with Crippen molar-refractivity contribution in [3.8, 4) is 0 Å². The lowest BCUT2D eigenvalue weighted by Crippen LogP contribution is -2.58. The standard InChI is InChI=1S/C12H14N2O4/c1-17-9(15)11-5-3-7(5)12(14-13-11,10(16)18-2)8-4-6(8)11/h5-8H,3-4H2,1-2H3/t5-,6+,7+,8-,11?,12?. The second-order valence-electron chi connectivity index (χ2n) is 5.73. The van der Waals surface area contributed by atoms with E-state index in [1.54, 1.807) is 0 Å². The smallest absolute Gasteiger partial charge is 0.336 e. The van der Waals surface area contributed by atoms with Gasteiger partial charge in [-0.25, -0.2) is 9.59 Å². The van der Waals surface area contributed by atoms with Gasteiger partial charge in [0.15, 0.2) is 11.1 Å². The summed E-state index contributed by atoms with van der Waals surface area (Å²) in [5.41, 5.74) is -1.58. The van der Waals surface area contributed by atoms with Gasteiger partial charge < -0.3 is 9.47 Å². The van der Waals surface area contributed by atoms with E-state index in [0.29, 0.717) is 0 Å². The predicted molar refractivity (Wildman–Crippen MR) is 57.5 cm³/mol. The van der Waals surface area contributed by atoms with Crippen LogP contribution in [-0.2, 0) is 19.1 Å². The van der Waals surface area contributed by atoms with E-state index in [1.165, 1.54) is 14.2 Å². The number of nitrogens with zero attached hydrogens (tertiary/aromatic N) is 2. The number of hydrogen-bond donors (Lipinski definition) is 0. The number of esters is 2. The molecule has 0 aromatic carbocycles. The molecule has 0 aromatic rings. The van der Waals surface area contributed by atoms with E-state index in [-0.39, 0.29) is 35.6 Å². The molecule has 0 aromatic heterocycles. The molecule has 5 aliphatic rings. The van der Waals surface area contributed by atoms with Gasteiger partial charge in [0.2, 0.25) is 0 Å². The summed E-state index contributed by atoms with van der Waals surface area (Å²) in [6.45, 7) is 0. The Morgan fingerprint density at radius 2 is 1.22 bits per heavy atom. The van der Waals surface area contributed by atoms with Gasteiger partial charge in [0.1, 0.15) is 0 Å². The lowest BCUT2D eigenvalue weighted by molar-refractivity contribution is -0.159. The quantitative estimate of drug-likeness (QED) is 0.671. The van der Waals surface area contributed by atoms with Gasteiger partial charge in [0, 0.05) is 23.7 Å². The first-order valence-electron chi connectivity index (χ1n) is 6.23. The van der Waals surface area contributed by atoms with Crippen LogP contribution >= 0.6 is 0 Å². The second kappa shape index (κ2) is 2.75. The van der Waals surface area contributed by atoms with E-state index in [1.807, 2.05) is 0 Å². The van der Waals surface area contributed by atoms with Crippen LogP contribution in [0, 0.1) is 23.7 Å². The molecule has 3 fully saturated rings. The molecule has 18 heavy (non-hydrogen) atoms. The molecule has 2 bridgehead atoms. The summed E-state index contributed by atoms with van der Waals surface area (Å²) in [5, 5.41) is 8.47. The maximum atomic E-state index is 12.1. The summed E-state index contributed by atoms with van der Waals surface area (Å²) in [6, 6.07) is 0. The van der Waals surface area contributed by atoms with Gasteiger partial charge in [-0.05, 0) is 12.8 Å². The molecule has 0 amide bonds. The molecule has 0 spiro atoms. The third-order valence-electron chi connectivity index (χ3n) is 5.25. The van der Waals surface area contributed by atoms with E-state index in [9.17, 15) is 9.59 Å². The third kappa shape index (κ3) is 0.805. The maximum absolute atomic E-state index is 12.1. The molecule has 5 rings (SSSR count). The van der Waals surface area contributed by atoms with Crippen LogP contribution < -0.4 is 0 Å². The minimum atomic E-state index is -0.792. The number of rotatable bonds is 2. The number of carbonyl (C=O) groups is 2. The summed E-state index contributed by atoms with van der Waals surface area (Å²) in [5.74, 6) is -0.111. The van der Waals surface area contributed by atoms with Crippen LogP contribution in [0.2, 0.25) is 0 Å². The van der Waals surface area contributed by atoms with Crippen LogP contribution in [0.15, 0.2) is 10.2 Å². The number of carbonyl (C=O) groups excluding carboxylic acids is 2. The molecule has 0 saturated heterocycles. The number of hydrogen-bond acceptors (Lipinski definition) is 6. The zero-order valence-electron chi connectivity index (χ0n) is 10.3. The molecule has 6 atom stereocenters. The van der Waals surface area contributed by atoms with E-state index < -0.39 is 11.1 Å². The van der Waals surface area contributed by atoms with Crippen molar-refractivity contribution in [2.24, 2.45) is 33.9 Å². The normalized spacial score (nSPS) is 53.2. The van der Waals surface area contributed by atoms with E-state index in [4.69, 9.17) is 9.47 Å². The number of azo groups is 1. The van der Waals surface area contributed by atoms with Crippen molar-refractivity contribution in [1.82, 2.24) is 0 Å². The molecule has 2 heterocycles. The highest BCUT2D eigenvalue weighted by Gasteiger charge is 2.86. The average Bonchev–Trinajstić information content (AvgIpc) is 3.27. The van der Waals surface area contributed by atoms with Crippen LogP contribution in [0.5, 0.6) is 0 Å². The molecule has 0 N–H and O–H groups in total. The molecule has 2 unspecified atom stereocenters. The predicted octanol–water partition coefficient (Wildman–Crippen LogP) is 0.562. The summed E-state index contributed by atoms with van der Waals surface area (Å²) >= 11 is 0. The number of methoxy groups -OCH3 is 2. The summed E-state index contributed by atoms with van der Waals surface area (Å²) in [4.78, 5) is 24.1. The van der Waals surface area contributed by atoms with Gasteiger partial charge in [-0.3, -0.25) is 0 Å². The topological polar surface area (TPSA) is 77.3 Å². The average molecular weight is 250 g/mol. The van der Waals surface area contributed by atoms with Crippen LogP contribution in [0.3, 0.4) is 0 Å². The van der Waals surface area contributed by atoms with Crippen molar-refractivity contribution in [3.05, 3.63) is 0 Å². The van der Waals surface area contributed by atoms with Gasteiger partial charge >= 0.3 is 11.9 Å². The Morgan fingerprint density at radius 3 is 1.50 bits per heavy atom. The minimum absolute atomic E-state index is 0.116. The Bertz CT molecular complexity index is 440. The Hall–Kier alpha value is -1.46. The minimum Gasteiger partial charge on any atom is -0.467 e. The fourth-order valence-corrected chi connectivity index (χ4v) is 4.36. The molecule has 2 aliphatic heterocycles. The molecular formula is C12H14N2O4. The Kier molecular flexibility index (Phi) is 1.60. The summed E-state index contributed by atoms with van der Waals surface area (Å²) < 4.78 is 9.83. The second-order valence-corrected chi connectivity index (χ2v) is 5.73. The van der Waals surface area contributed by atoms with Crippen molar-refractivity contribution in [2.45, 2.75) is 23.9 Å². The SMILES string of the molecule is COC(=O)C12N=NC(C(=O)OC)([C@@H]3C[C@@H]31)[C@H]1C[C@H]12. The van der Waals surface area contributed by atoms with E-state index in [0.717, 1.165) is 12.8 Å². The van der Waals surface area contributed by atoms with Crippen LogP contribution in [0.25, 0.3) is 0 Å². The van der Waals surface area contributed by atoms with Crippen LogP contribution in [-0.4, -0.2) is 37.2 Å². The Labute approximate surface area is 104 Å². The highest BCUT2D eigenvalue weighted by atomic mass is 16.5. The first kappa shape index (κ1) is 10.5. The van der Waals surface area contributed by atoms with Crippen LogP contribution in [0.1, 0.15) is 12.8 Å². The Morgan fingerprint density at radius 1 is 0.889 bits per heavy atom. The highest BCUT2D eigenvalue weighted by molar-refractivity contribution is 5.90. The lowest BCUT2D eigenvalue weighted by atomic mass is 9.71. The first-order valence-corrected chi connectivity index (χ1v) is 6.23. The third-order valence-corrected chi connectivity index (χ3v) is 5.25. The molecule has 3 saturated carbocycles. The molecule has 0 radical (unpaired) electrons. The highest BCUT2D eigenvalue weighted by Crippen LogP contribution is 2.76. The van der Waals surface area contributed by atoms with Gasteiger partial charge in [0.05, 0.1) is 14.2 Å². The largest absolute Gasteiger partial charge is 0.467 e. The fraction of sp³-hybridized carbons (Fsp3) is 0.833. The van der Waals surface area contributed by atoms with Crippen molar-refractivity contribution >= 4 is 11.9 Å². The molecule has 6 heteroatoms. The summed E-state index contributed by atoms with van der Waals surface area (Å²) in [6.07, 6.45) is 1.65. The van der Waals surface area contributed by atoms with Gasteiger partial charge in [-0.15, -0.1) is 0 Å². The van der Waals surface area contributed by atoms with E-state index >= 15 is 0 Å². The maximum Gasteiger partial charge on any atom is 0.336 e. The van der Waals surface area contributed by atoms with Crippen molar-refractivity contribution in [3.63, 3.8) is 0 Å². The fourth-order valence-electron chi connectivity index (χ4n) is 4.36. The van der Waals surface area contributed by atoms with E-state index in [2.05, 4.69) is 10.2 Å². The van der Waals surface area contributed by atoms with Crippen LogP contribution in [0.4, 0.5) is 0 Å². The molecular weight excluding hydrogens is 236 g/mol. The lowest BCUT2D eigenvalue weighted by Gasteiger charge is -2.41. The zero-order valence-corrected chi connectivity index (χ0v) is 10.3. The van der Waals surface area contributed by atoms with Crippen molar-refractivity contribution in [1.29, 1.82) is 0 Å². The zero-order chi connectivity index (χ0) is 12.7. The molecule has 6 nitrogen and oxygen atoms in total. The first-order chi connectivity index (χ1) is 8.62. The van der Waals surface area contributed by atoms with Gasteiger partial charge in [-0.1, -0.05) is 0 Å².